The van der Waals surface area contributed by atoms with Crippen LogP contribution >= 0.6 is 15.6 Å². The Morgan fingerprint density at radius 2 is 0.416 bits per heavy atom. The van der Waals surface area contributed by atoms with Crippen molar-refractivity contribution in [1.82, 2.24) is 0 Å². The third-order valence-electron chi connectivity index (χ3n) is 19.1. The molecule has 0 aliphatic heterocycles. The van der Waals surface area contributed by atoms with Gasteiger partial charge in [-0.2, -0.15) is 0 Å². The summed E-state index contributed by atoms with van der Waals surface area (Å²) in [5, 5.41) is 10.6. The van der Waals surface area contributed by atoms with E-state index in [-0.39, 0.29) is 25.7 Å². The van der Waals surface area contributed by atoms with E-state index in [0.29, 0.717) is 31.6 Å². The Balaban J connectivity index is 5.19. The number of carbonyl (C=O) groups is 4. The van der Waals surface area contributed by atoms with E-state index in [4.69, 9.17) is 37.0 Å². The van der Waals surface area contributed by atoms with Gasteiger partial charge in [-0.25, -0.2) is 9.13 Å². The molecule has 0 aromatic heterocycles. The van der Waals surface area contributed by atoms with Gasteiger partial charge in [-0.1, -0.05) is 370 Å². The Hall–Kier alpha value is -1.94. The normalized spacial score (nSPS) is 14.0. The van der Waals surface area contributed by atoms with Gasteiger partial charge in [-0.15, -0.1) is 0 Å². The highest BCUT2D eigenvalue weighted by molar-refractivity contribution is 7.47. The number of esters is 4. The largest absolute Gasteiger partial charge is 0.472 e. The molecule has 0 radical (unpaired) electrons. The van der Waals surface area contributed by atoms with E-state index in [1.165, 1.54) is 218 Å². The first-order valence-electron chi connectivity index (χ1n) is 42.2. The molecule has 0 heterocycles. The highest BCUT2D eigenvalue weighted by atomic mass is 31.2. The minimum atomic E-state index is -4.96. The summed E-state index contributed by atoms with van der Waals surface area (Å²) in [5.74, 6) is 0.946. The van der Waals surface area contributed by atoms with Crippen LogP contribution in [0.15, 0.2) is 0 Å². The summed E-state index contributed by atoms with van der Waals surface area (Å²) in [7, 11) is -9.92. The van der Waals surface area contributed by atoms with E-state index in [9.17, 15) is 43.2 Å². The minimum Gasteiger partial charge on any atom is -0.462 e. The number of unbranched alkanes of at least 4 members (excludes halogenated alkanes) is 45. The van der Waals surface area contributed by atoms with Gasteiger partial charge in [0.25, 0.3) is 0 Å². The summed E-state index contributed by atoms with van der Waals surface area (Å²) in [6, 6.07) is 0. The molecule has 3 N–H and O–H groups in total. The van der Waals surface area contributed by atoms with Crippen molar-refractivity contribution in [1.29, 1.82) is 0 Å². The molecule has 0 aromatic rings. The quantitative estimate of drug-likeness (QED) is 0.0222. The van der Waals surface area contributed by atoms with Gasteiger partial charge in [0.15, 0.2) is 12.2 Å². The van der Waals surface area contributed by atoms with Crippen LogP contribution in [0.25, 0.3) is 0 Å². The van der Waals surface area contributed by atoms with Crippen molar-refractivity contribution >= 4 is 39.5 Å². The molecular weight excluding hydrogens is 1320 g/mol. The van der Waals surface area contributed by atoms with Crippen molar-refractivity contribution < 1.29 is 80.2 Å². The minimum absolute atomic E-state index is 0.106. The SMILES string of the molecule is CC(C)CCCCCCCCCCCCCCCCCCCCC(=O)O[C@H](COC(=O)CCCCCCCCCCCCC(C)C)COP(=O)(O)OCC(O)COP(=O)(O)OC[C@@H](COC(=O)CCCCCCCCC(C)C)OC(=O)CCCCCCCCCCCCCCCCCC(C)C. The van der Waals surface area contributed by atoms with Gasteiger partial charge in [0.05, 0.1) is 26.4 Å². The fourth-order valence-corrected chi connectivity index (χ4v) is 14.2. The second-order valence-electron chi connectivity index (χ2n) is 31.4. The Morgan fingerprint density at radius 3 is 0.614 bits per heavy atom. The standard InChI is InChI=1S/C82H160O17P2/c1-72(2)58-50-42-34-28-22-18-14-11-9-10-12-16-20-24-32-38-48-56-64-81(86)98-77(68-92-79(84)62-54-46-37-31-27-26-30-36-44-52-60-74(5)6)70-96-100(88,89)94-66-76(83)67-95-101(90,91)97-71-78(69-93-80(85)63-55-47-41-40-45-53-61-75(7)8)99-82(87)65-57-49-39-33-25-21-17-13-15-19-23-29-35-43-51-59-73(3)4/h72-78,83H,9-71H2,1-8H3,(H,88,89)(H,90,91)/t76?,77-,78-/m1/s1. The first kappa shape index (κ1) is 99.1. The molecule has 0 fully saturated rings. The second-order valence-corrected chi connectivity index (χ2v) is 34.3. The van der Waals surface area contributed by atoms with Gasteiger partial charge in [0.1, 0.15) is 19.3 Å². The number of ether oxygens (including phenoxy) is 4. The lowest BCUT2D eigenvalue weighted by Gasteiger charge is -2.21. The molecule has 101 heavy (non-hydrogen) atoms. The molecule has 0 rings (SSSR count). The summed E-state index contributed by atoms with van der Waals surface area (Å²) in [4.78, 5) is 73.0. The predicted octanol–water partition coefficient (Wildman–Crippen LogP) is 24.4. The van der Waals surface area contributed by atoms with Crippen LogP contribution in [0, 0.1) is 23.7 Å². The lowest BCUT2D eigenvalue weighted by atomic mass is 10.0. The average Bonchev–Trinajstić information content (AvgIpc) is 1.02. The smallest absolute Gasteiger partial charge is 0.462 e. The fraction of sp³-hybridized carbons (Fsp3) is 0.951. The van der Waals surface area contributed by atoms with Crippen LogP contribution in [0.2, 0.25) is 0 Å². The van der Waals surface area contributed by atoms with Crippen molar-refractivity contribution in [2.45, 2.75) is 440 Å². The van der Waals surface area contributed by atoms with Crippen molar-refractivity contribution in [3.05, 3.63) is 0 Å². The van der Waals surface area contributed by atoms with Crippen LogP contribution in [0.4, 0.5) is 0 Å². The van der Waals surface area contributed by atoms with Crippen LogP contribution in [0.3, 0.4) is 0 Å². The third-order valence-corrected chi connectivity index (χ3v) is 21.0. The Labute approximate surface area is 619 Å². The zero-order valence-electron chi connectivity index (χ0n) is 66.5. The molecule has 0 saturated heterocycles. The second kappa shape index (κ2) is 71.0. The van der Waals surface area contributed by atoms with Gasteiger partial charge >= 0.3 is 39.5 Å². The maximum absolute atomic E-state index is 13.1. The molecule has 5 atom stereocenters. The molecule has 0 spiro atoms. The monoisotopic (exact) mass is 1480 g/mol. The molecule has 0 aromatic carbocycles. The van der Waals surface area contributed by atoms with Gasteiger partial charge < -0.3 is 33.8 Å². The van der Waals surface area contributed by atoms with Crippen LogP contribution in [0.5, 0.6) is 0 Å². The lowest BCUT2D eigenvalue weighted by Crippen LogP contribution is -2.30. The number of aliphatic hydroxyl groups is 1. The van der Waals surface area contributed by atoms with E-state index in [2.05, 4.69) is 55.4 Å². The van der Waals surface area contributed by atoms with Crippen molar-refractivity contribution in [3.8, 4) is 0 Å². The number of hydrogen-bond acceptors (Lipinski definition) is 15. The van der Waals surface area contributed by atoms with Gasteiger partial charge in [0.2, 0.25) is 0 Å². The fourth-order valence-electron chi connectivity index (χ4n) is 12.6. The molecule has 17 nitrogen and oxygen atoms in total. The number of rotatable bonds is 79. The van der Waals surface area contributed by atoms with Crippen LogP contribution in [-0.4, -0.2) is 96.7 Å². The number of phosphoric ester groups is 2. The topological polar surface area (TPSA) is 237 Å². The van der Waals surface area contributed by atoms with E-state index < -0.39 is 97.5 Å². The van der Waals surface area contributed by atoms with Crippen LogP contribution in [-0.2, 0) is 65.4 Å². The number of hydrogen-bond donors (Lipinski definition) is 3. The number of phosphoric acid groups is 2. The van der Waals surface area contributed by atoms with Gasteiger partial charge in [-0.05, 0) is 49.4 Å². The Kier molecular flexibility index (Phi) is 69.6. The first-order valence-corrected chi connectivity index (χ1v) is 45.2. The Morgan fingerprint density at radius 1 is 0.248 bits per heavy atom. The summed E-state index contributed by atoms with van der Waals surface area (Å²) < 4.78 is 68.7. The molecule has 600 valence electrons. The highest BCUT2D eigenvalue weighted by Gasteiger charge is 2.30. The van der Waals surface area contributed by atoms with Crippen molar-refractivity contribution in [3.63, 3.8) is 0 Å². The van der Waals surface area contributed by atoms with E-state index in [1.54, 1.807) is 0 Å². The zero-order chi connectivity index (χ0) is 74.6. The molecule has 0 aliphatic rings. The van der Waals surface area contributed by atoms with Crippen molar-refractivity contribution in [2.75, 3.05) is 39.6 Å². The maximum atomic E-state index is 13.1. The molecule has 19 heteroatoms. The summed E-state index contributed by atoms with van der Waals surface area (Å²) in [6.45, 7) is 14.2. The van der Waals surface area contributed by atoms with Crippen LogP contribution in [0.1, 0.15) is 421 Å². The molecule has 0 aliphatic carbocycles. The number of aliphatic hydroxyl groups excluding tert-OH is 1. The molecule has 0 saturated carbocycles. The maximum Gasteiger partial charge on any atom is 0.472 e. The molecule has 0 amide bonds. The van der Waals surface area contributed by atoms with Crippen LogP contribution < -0.4 is 0 Å². The first-order chi connectivity index (χ1) is 48.6. The van der Waals surface area contributed by atoms with E-state index in [0.717, 1.165) is 114 Å². The molecule has 3 unspecified atom stereocenters. The van der Waals surface area contributed by atoms with Crippen molar-refractivity contribution in [2.24, 2.45) is 23.7 Å². The zero-order valence-corrected chi connectivity index (χ0v) is 68.3. The highest BCUT2D eigenvalue weighted by Crippen LogP contribution is 2.45. The summed E-state index contributed by atoms with van der Waals surface area (Å²) in [6.07, 6.45) is 58.5. The van der Waals surface area contributed by atoms with Gasteiger partial charge in [-0.3, -0.25) is 37.3 Å². The third kappa shape index (κ3) is 76.1. The number of carbonyl (C=O) groups excluding carboxylic acids is 4. The molecular formula is C82H160O17P2. The molecule has 0 bridgehead atoms. The summed E-state index contributed by atoms with van der Waals surface area (Å²) in [5.41, 5.74) is 0. The summed E-state index contributed by atoms with van der Waals surface area (Å²) >= 11 is 0. The van der Waals surface area contributed by atoms with E-state index >= 15 is 0 Å². The Bertz CT molecular complexity index is 1970. The van der Waals surface area contributed by atoms with E-state index in [1.807, 2.05) is 0 Å². The van der Waals surface area contributed by atoms with Gasteiger partial charge in [0, 0.05) is 25.7 Å². The average molecular weight is 1480 g/mol. The lowest BCUT2D eigenvalue weighted by molar-refractivity contribution is -0.161. The predicted molar refractivity (Wildman–Crippen MR) is 414 cm³/mol.